The monoisotopic (exact) mass is 739 g/mol. The van der Waals surface area contributed by atoms with Gasteiger partial charge in [-0.05, 0) is 131 Å². The average Bonchev–Trinajstić information content (AvgIpc) is 3.18. The van der Waals surface area contributed by atoms with Crippen LogP contribution in [0.25, 0.3) is 0 Å². The lowest BCUT2D eigenvalue weighted by Gasteiger charge is -2.46. The molecule has 0 bridgehead atoms. The number of nitrogens with zero attached hydrogens (tertiary/aromatic N) is 2. The summed E-state index contributed by atoms with van der Waals surface area (Å²) >= 11 is 0. The Morgan fingerprint density at radius 1 is 0.759 bits per heavy atom. The minimum Gasteiger partial charge on any atom is -0.459 e. The number of anilines is 1. The molecule has 0 spiro atoms. The number of hydrogen-bond acceptors (Lipinski definition) is 7. The topological polar surface area (TPSA) is 96.2 Å². The fraction of sp³-hybridized carbons (Fsp3) is 0.652. The molecule has 2 atom stereocenters. The lowest BCUT2D eigenvalue weighted by atomic mass is 9.67. The fourth-order valence-corrected chi connectivity index (χ4v) is 10.8. The van der Waals surface area contributed by atoms with Gasteiger partial charge in [-0.3, -0.25) is 14.4 Å². The van der Waals surface area contributed by atoms with Gasteiger partial charge in [0.25, 0.3) is 0 Å². The van der Waals surface area contributed by atoms with Gasteiger partial charge in [0.15, 0.2) is 11.5 Å². The van der Waals surface area contributed by atoms with Crippen molar-refractivity contribution in [2.24, 2.45) is 11.8 Å². The molecule has 0 heterocycles. The van der Waals surface area contributed by atoms with Crippen molar-refractivity contribution in [2.75, 3.05) is 32.1 Å². The van der Waals surface area contributed by atoms with Crippen LogP contribution in [0.15, 0.2) is 59.7 Å². The number of hydrogen-bond donors (Lipinski definition) is 1. The van der Waals surface area contributed by atoms with Crippen molar-refractivity contribution in [3.8, 4) is 0 Å². The molecule has 5 saturated carbocycles. The number of carbonyl (C=O) groups is 3. The average molecular weight is 740 g/mol. The Morgan fingerprint density at radius 3 is 1.76 bits per heavy atom. The number of Topliss-reactive ketones (excluding diaryl/α,β-unsaturated/α-hetero) is 1. The van der Waals surface area contributed by atoms with Gasteiger partial charge in [-0.1, -0.05) is 37.8 Å². The highest BCUT2D eigenvalue weighted by molar-refractivity contribution is 6.12. The maximum atomic E-state index is 13.4. The summed E-state index contributed by atoms with van der Waals surface area (Å²) < 4.78 is 14.6. The van der Waals surface area contributed by atoms with Crippen LogP contribution in [0.1, 0.15) is 140 Å². The first-order valence-electron chi connectivity index (χ1n) is 21.3. The van der Waals surface area contributed by atoms with Crippen LogP contribution in [0.3, 0.4) is 0 Å². The van der Waals surface area contributed by atoms with Crippen LogP contribution < -0.4 is 4.90 Å². The first-order valence-corrected chi connectivity index (χ1v) is 21.3. The van der Waals surface area contributed by atoms with Crippen molar-refractivity contribution >= 4 is 29.1 Å². The lowest BCUT2D eigenvalue weighted by Crippen LogP contribution is -2.46. The molecular weight excluding hydrogens is 677 g/mol. The molecule has 0 aliphatic heterocycles. The van der Waals surface area contributed by atoms with Gasteiger partial charge in [0.05, 0.1) is 18.4 Å². The van der Waals surface area contributed by atoms with Gasteiger partial charge in [0.2, 0.25) is 0 Å². The van der Waals surface area contributed by atoms with E-state index in [1.54, 1.807) is 0 Å². The van der Waals surface area contributed by atoms with Crippen LogP contribution in [-0.2, 0) is 23.9 Å². The molecule has 0 saturated heterocycles. The molecule has 0 amide bonds. The van der Waals surface area contributed by atoms with Crippen molar-refractivity contribution in [1.82, 2.24) is 0 Å². The minimum atomic E-state index is -0.860. The third-order valence-electron chi connectivity index (χ3n) is 14.0. The number of allylic oxidation sites excluding steroid dienone is 5. The standard InChI is InChI=1S/C46H63N2O6/c1-47(31-11-17-39(49)53-45-27-7-3-13-35(45)14-4-8-28-45)37-23-19-33(20-24-37)41-43(51)42(44(41)52)34-21-25-38(26-22-34)48(2)32-12-18-40(50)54-46-29-9-5-15-36(46)16-6-10-30-46/h19-26,35-36,41,43,51H,3-18,27-32H2,1-2H3/q+1. The zero-order valence-electron chi connectivity index (χ0n) is 32.9. The van der Waals surface area contributed by atoms with E-state index in [4.69, 9.17) is 9.47 Å². The van der Waals surface area contributed by atoms with E-state index in [0.29, 0.717) is 30.3 Å². The Labute approximate surface area is 322 Å². The maximum Gasteiger partial charge on any atom is 0.306 e. The van der Waals surface area contributed by atoms with E-state index < -0.39 is 12.0 Å². The SMILES string of the molecule is CN(CCCC(=O)OC12CCCCC1CCCC2)c1ccc(C2C(=O)C(=C3C=CC(=[N+](C)CCCC(=O)OC45CCCCC4CCCC5)C=C3)C2O)cc1. The predicted molar refractivity (Wildman–Crippen MR) is 212 cm³/mol. The lowest BCUT2D eigenvalue weighted by molar-refractivity contribution is -0.496. The van der Waals surface area contributed by atoms with Gasteiger partial charge in [-0.15, -0.1) is 0 Å². The third kappa shape index (κ3) is 8.34. The van der Waals surface area contributed by atoms with E-state index in [1.165, 1.54) is 77.0 Å². The molecule has 1 N–H and O–H groups in total. The molecule has 5 fully saturated rings. The summed E-state index contributed by atoms with van der Waals surface area (Å²) in [4.78, 5) is 41.3. The summed E-state index contributed by atoms with van der Waals surface area (Å²) in [6.45, 7) is 1.45. The number of aliphatic hydroxyl groups excluding tert-OH is 1. The molecule has 0 radical (unpaired) electrons. The molecule has 0 aromatic heterocycles. The highest BCUT2D eigenvalue weighted by Gasteiger charge is 2.48. The van der Waals surface area contributed by atoms with Crippen LogP contribution in [0, 0.1) is 11.8 Å². The number of ketones is 1. The summed E-state index contributed by atoms with van der Waals surface area (Å²) in [6, 6.07) is 7.85. The largest absolute Gasteiger partial charge is 0.459 e. The molecule has 6 aliphatic rings. The smallest absolute Gasteiger partial charge is 0.306 e. The van der Waals surface area contributed by atoms with E-state index in [9.17, 15) is 19.5 Å². The second-order valence-electron chi connectivity index (χ2n) is 17.3. The van der Waals surface area contributed by atoms with Gasteiger partial charge in [0.1, 0.15) is 24.8 Å². The molecule has 292 valence electrons. The van der Waals surface area contributed by atoms with Crippen LogP contribution in [-0.4, -0.2) is 77.6 Å². The number of ether oxygens (including phenoxy) is 2. The molecule has 6 aliphatic carbocycles. The van der Waals surface area contributed by atoms with Crippen molar-refractivity contribution in [1.29, 1.82) is 0 Å². The number of aliphatic hydroxyl groups is 1. The quantitative estimate of drug-likeness (QED) is 0.131. The number of benzene rings is 1. The van der Waals surface area contributed by atoms with Crippen LogP contribution in [0.4, 0.5) is 5.69 Å². The van der Waals surface area contributed by atoms with Crippen molar-refractivity contribution in [3.63, 3.8) is 0 Å². The Morgan fingerprint density at radius 2 is 1.26 bits per heavy atom. The number of esters is 2. The molecule has 1 aromatic rings. The number of carbonyl (C=O) groups excluding carboxylic acids is 3. The van der Waals surface area contributed by atoms with E-state index >= 15 is 0 Å². The zero-order chi connectivity index (χ0) is 37.7. The maximum absolute atomic E-state index is 13.4. The molecule has 8 nitrogen and oxygen atoms in total. The van der Waals surface area contributed by atoms with Crippen LogP contribution in [0.2, 0.25) is 0 Å². The molecule has 54 heavy (non-hydrogen) atoms. The molecule has 8 heteroatoms. The molecule has 1 aromatic carbocycles. The van der Waals surface area contributed by atoms with Crippen LogP contribution in [0.5, 0.6) is 0 Å². The fourth-order valence-electron chi connectivity index (χ4n) is 10.8. The zero-order valence-corrected chi connectivity index (χ0v) is 32.9. The summed E-state index contributed by atoms with van der Waals surface area (Å²) in [5.41, 5.74) is 3.61. The second-order valence-corrected chi connectivity index (χ2v) is 17.3. The van der Waals surface area contributed by atoms with Crippen LogP contribution >= 0.6 is 0 Å². The summed E-state index contributed by atoms with van der Waals surface area (Å²) in [7, 11) is 4.03. The normalized spacial score (nSPS) is 30.6. The summed E-state index contributed by atoms with van der Waals surface area (Å²) in [5.74, 6) is 0.357. The number of rotatable bonds is 12. The molecule has 2 unspecified atom stereocenters. The Balaban J connectivity index is 0.858. The minimum absolute atomic E-state index is 0.0444. The Hall–Kier alpha value is -3.52. The van der Waals surface area contributed by atoms with Gasteiger partial charge in [0, 0.05) is 49.8 Å². The Kier molecular flexibility index (Phi) is 12.3. The first kappa shape index (κ1) is 38.7. The molecule has 7 rings (SSSR count). The highest BCUT2D eigenvalue weighted by atomic mass is 16.6. The summed E-state index contributed by atoms with van der Waals surface area (Å²) in [6.07, 6.45) is 27.8. The van der Waals surface area contributed by atoms with Gasteiger partial charge in [-0.2, -0.15) is 0 Å². The Bertz CT molecular complexity index is 1630. The third-order valence-corrected chi connectivity index (χ3v) is 14.0. The first-order chi connectivity index (χ1) is 26.2. The predicted octanol–water partition coefficient (Wildman–Crippen LogP) is 8.31. The summed E-state index contributed by atoms with van der Waals surface area (Å²) in [5, 5.41) is 11.2. The highest BCUT2D eigenvalue weighted by Crippen LogP contribution is 2.48. The van der Waals surface area contributed by atoms with Crippen molar-refractivity contribution in [2.45, 2.75) is 152 Å². The number of fused-ring (bicyclic) bond motifs is 2. The van der Waals surface area contributed by atoms with Crippen molar-refractivity contribution < 1.29 is 33.5 Å². The van der Waals surface area contributed by atoms with Crippen molar-refractivity contribution in [3.05, 3.63) is 65.3 Å². The van der Waals surface area contributed by atoms with E-state index in [0.717, 1.165) is 74.2 Å². The van der Waals surface area contributed by atoms with E-state index in [-0.39, 0.29) is 28.9 Å². The van der Waals surface area contributed by atoms with Gasteiger partial charge < -0.3 is 19.5 Å². The second kappa shape index (κ2) is 17.1. The van der Waals surface area contributed by atoms with Gasteiger partial charge >= 0.3 is 11.9 Å². The van der Waals surface area contributed by atoms with Gasteiger partial charge in [-0.25, -0.2) is 4.58 Å². The van der Waals surface area contributed by atoms with E-state index in [2.05, 4.69) is 9.48 Å². The van der Waals surface area contributed by atoms with E-state index in [1.807, 2.05) is 62.7 Å². The molecular formula is C46H63N2O6+.